The summed E-state index contributed by atoms with van der Waals surface area (Å²) in [5.74, 6) is 2.25. The Bertz CT molecular complexity index is 697. The number of aromatic nitrogens is 1. The van der Waals surface area contributed by atoms with E-state index in [4.69, 9.17) is 14.0 Å². The fourth-order valence-corrected chi connectivity index (χ4v) is 2.17. The van der Waals surface area contributed by atoms with Crippen molar-refractivity contribution < 1.29 is 18.8 Å². The van der Waals surface area contributed by atoms with Crippen molar-refractivity contribution in [2.24, 2.45) is 5.16 Å². The summed E-state index contributed by atoms with van der Waals surface area (Å²) in [7, 11) is 1.47. The van der Waals surface area contributed by atoms with Crippen molar-refractivity contribution in [3.8, 4) is 11.5 Å². The zero-order valence-corrected chi connectivity index (χ0v) is 14.4. The second kappa shape index (κ2) is 8.76. The van der Waals surface area contributed by atoms with Crippen LogP contribution in [-0.4, -0.2) is 25.1 Å². The van der Waals surface area contributed by atoms with Crippen molar-refractivity contribution in [2.75, 3.05) is 13.7 Å². The van der Waals surface area contributed by atoms with Crippen LogP contribution in [0.15, 0.2) is 40.0 Å². The van der Waals surface area contributed by atoms with Gasteiger partial charge in [-0.05, 0) is 44.0 Å². The zero-order valence-electron chi connectivity index (χ0n) is 14.4. The molecule has 0 unspecified atom stereocenters. The molecule has 0 atom stereocenters. The van der Waals surface area contributed by atoms with E-state index in [1.807, 2.05) is 45.1 Å². The molecule has 6 nitrogen and oxygen atoms in total. The summed E-state index contributed by atoms with van der Waals surface area (Å²) in [5.41, 5.74) is 2.59. The Kier molecular flexibility index (Phi) is 6.42. The van der Waals surface area contributed by atoms with Gasteiger partial charge < -0.3 is 18.8 Å². The molecule has 0 aliphatic rings. The Labute approximate surface area is 141 Å². The van der Waals surface area contributed by atoms with E-state index < -0.39 is 0 Å². The second-order valence-corrected chi connectivity index (χ2v) is 5.19. The third-order valence-corrected chi connectivity index (χ3v) is 3.24. The monoisotopic (exact) mass is 330 g/mol. The molecule has 24 heavy (non-hydrogen) atoms. The Morgan fingerprint density at radius 1 is 1.17 bits per heavy atom. The van der Waals surface area contributed by atoms with Crippen molar-refractivity contribution in [3.63, 3.8) is 0 Å². The van der Waals surface area contributed by atoms with Gasteiger partial charge in [0.25, 0.3) is 0 Å². The molecule has 1 aromatic heterocycles. The van der Waals surface area contributed by atoms with Gasteiger partial charge in [0.05, 0.1) is 6.21 Å². The van der Waals surface area contributed by atoms with Crippen LogP contribution in [0.1, 0.15) is 29.5 Å². The van der Waals surface area contributed by atoms with E-state index >= 15 is 0 Å². The zero-order chi connectivity index (χ0) is 17.4. The summed E-state index contributed by atoms with van der Waals surface area (Å²) < 4.78 is 16.7. The van der Waals surface area contributed by atoms with Crippen LogP contribution < -0.4 is 9.47 Å². The highest BCUT2D eigenvalue weighted by molar-refractivity contribution is 5.76. The van der Waals surface area contributed by atoms with Gasteiger partial charge in [0.2, 0.25) is 0 Å². The number of ether oxygens (including phenoxy) is 2. The highest BCUT2D eigenvalue weighted by Crippen LogP contribution is 2.29. The summed E-state index contributed by atoms with van der Waals surface area (Å²) in [6, 6.07) is 5.67. The van der Waals surface area contributed by atoms with Gasteiger partial charge in [0.15, 0.2) is 5.76 Å². The topological polar surface area (TPSA) is 66.1 Å². The second-order valence-electron chi connectivity index (χ2n) is 5.19. The molecule has 0 radical (unpaired) electrons. The van der Waals surface area contributed by atoms with E-state index in [2.05, 4.69) is 15.1 Å². The smallest absolute Gasteiger partial charge is 0.174 e. The highest BCUT2D eigenvalue weighted by Gasteiger charge is 2.10. The van der Waals surface area contributed by atoms with Crippen LogP contribution >= 0.6 is 0 Å². The molecule has 128 valence electrons. The van der Waals surface area contributed by atoms with E-state index in [0.29, 0.717) is 18.1 Å². The quantitative estimate of drug-likeness (QED) is 0.418. The van der Waals surface area contributed by atoms with Crippen LogP contribution in [-0.2, 0) is 11.4 Å². The lowest BCUT2D eigenvalue weighted by atomic mass is 10.1. The maximum atomic E-state index is 5.87. The van der Waals surface area contributed by atoms with Crippen LogP contribution in [0.3, 0.4) is 0 Å². The highest BCUT2D eigenvalue weighted by atomic mass is 16.6. The van der Waals surface area contributed by atoms with Crippen molar-refractivity contribution in [1.82, 2.24) is 5.16 Å². The number of nitrogens with zero attached hydrogens (tertiary/aromatic N) is 2. The van der Waals surface area contributed by atoms with Crippen molar-refractivity contribution in [2.45, 2.75) is 27.4 Å². The minimum atomic E-state index is 0.286. The minimum absolute atomic E-state index is 0.286. The van der Waals surface area contributed by atoms with Crippen LogP contribution in [0.5, 0.6) is 11.5 Å². The fourth-order valence-electron chi connectivity index (χ4n) is 2.17. The minimum Gasteiger partial charge on any atom is -0.490 e. The van der Waals surface area contributed by atoms with Crippen molar-refractivity contribution in [3.05, 3.63) is 52.9 Å². The maximum absolute atomic E-state index is 5.87. The third kappa shape index (κ3) is 4.87. The van der Waals surface area contributed by atoms with E-state index in [1.54, 1.807) is 6.07 Å². The largest absolute Gasteiger partial charge is 0.490 e. The molecular weight excluding hydrogens is 308 g/mol. The van der Waals surface area contributed by atoms with Crippen LogP contribution in [0.25, 0.3) is 0 Å². The van der Waals surface area contributed by atoms with Gasteiger partial charge in [-0.3, -0.25) is 0 Å². The Morgan fingerprint density at radius 2 is 1.92 bits per heavy atom. The molecule has 0 spiro atoms. The molecule has 2 aromatic rings. The van der Waals surface area contributed by atoms with Gasteiger partial charge >= 0.3 is 0 Å². The molecule has 0 saturated carbocycles. The summed E-state index contributed by atoms with van der Waals surface area (Å²) in [6.07, 6.45) is 5.39. The molecule has 1 aromatic carbocycles. The van der Waals surface area contributed by atoms with Crippen LogP contribution in [0.4, 0.5) is 0 Å². The molecule has 0 saturated heterocycles. The number of allylic oxidation sites excluding steroid dienone is 1. The Morgan fingerprint density at radius 3 is 2.58 bits per heavy atom. The van der Waals surface area contributed by atoms with E-state index in [-0.39, 0.29) is 6.61 Å². The Balaban J connectivity index is 2.01. The number of aryl methyl sites for hydroxylation is 2. The lowest BCUT2D eigenvalue weighted by molar-refractivity contribution is 0.215. The first-order chi connectivity index (χ1) is 11.6. The fraction of sp³-hybridized carbons (Fsp3) is 0.333. The average molecular weight is 330 g/mol. The molecular formula is C18H22N2O4. The van der Waals surface area contributed by atoms with Crippen molar-refractivity contribution in [1.29, 1.82) is 0 Å². The lowest BCUT2D eigenvalue weighted by Crippen LogP contribution is -2.00. The predicted octanol–water partition coefficient (Wildman–Crippen LogP) is 3.81. The first-order valence-electron chi connectivity index (χ1n) is 7.64. The third-order valence-electron chi connectivity index (χ3n) is 3.24. The van der Waals surface area contributed by atoms with E-state index in [9.17, 15) is 0 Å². The molecule has 1 heterocycles. The van der Waals surface area contributed by atoms with Gasteiger partial charge in [-0.2, -0.15) is 0 Å². The van der Waals surface area contributed by atoms with E-state index in [0.717, 1.165) is 22.6 Å². The molecule has 0 bridgehead atoms. The van der Waals surface area contributed by atoms with Gasteiger partial charge in [-0.25, -0.2) is 0 Å². The standard InChI is InChI=1S/C18H22N2O4/c1-5-6-7-22-16-8-13(2)18(14(3)9-16)23-12-17-10-15(20-24-17)11-19-21-4/h5-6,8-11H,7,12H2,1-4H3/b6-5+,19-11+. The first-order valence-corrected chi connectivity index (χ1v) is 7.64. The molecule has 0 aliphatic carbocycles. The van der Waals surface area contributed by atoms with Gasteiger partial charge in [-0.15, -0.1) is 0 Å². The SMILES string of the molecule is C/C=C/COc1cc(C)c(OCc2cc(/C=N/OC)no2)c(C)c1. The number of hydrogen-bond donors (Lipinski definition) is 0. The first kappa shape index (κ1) is 17.6. The Hall–Kier alpha value is -2.76. The summed E-state index contributed by atoms with van der Waals surface area (Å²) >= 11 is 0. The molecule has 0 aliphatic heterocycles. The van der Waals surface area contributed by atoms with Crippen molar-refractivity contribution >= 4 is 6.21 Å². The molecule has 6 heteroatoms. The van der Waals surface area contributed by atoms with Gasteiger partial charge in [0, 0.05) is 6.07 Å². The van der Waals surface area contributed by atoms with Gasteiger partial charge in [0.1, 0.15) is 37.5 Å². The number of hydrogen-bond acceptors (Lipinski definition) is 6. The molecule has 2 rings (SSSR count). The average Bonchev–Trinajstić information content (AvgIpc) is 3.00. The van der Waals surface area contributed by atoms with E-state index in [1.165, 1.54) is 13.3 Å². The number of benzene rings is 1. The predicted molar refractivity (Wildman–Crippen MR) is 91.7 cm³/mol. The molecule has 0 N–H and O–H groups in total. The number of oxime groups is 1. The van der Waals surface area contributed by atoms with Crippen LogP contribution in [0, 0.1) is 13.8 Å². The lowest BCUT2D eigenvalue weighted by Gasteiger charge is -2.13. The maximum Gasteiger partial charge on any atom is 0.174 e. The molecule has 0 fully saturated rings. The van der Waals surface area contributed by atoms with Gasteiger partial charge in [-0.1, -0.05) is 22.5 Å². The van der Waals surface area contributed by atoms with Crippen LogP contribution in [0.2, 0.25) is 0 Å². The molecule has 0 amide bonds. The normalized spacial score (nSPS) is 11.3. The summed E-state index contributed by atoms with van der Waals surface area (Å²) in [5, 5.41) is 7.49. The summed E-state index contributed by atoms with van der Waals surface area (Å²) in [4.78, 5) is 4.60. The number of rotatable bonds is 8. The summed E-state index contributed by atoms with van der Waals surface area (Å²) in [6.45, 7) is 6.78.